The molecule has 1 saturated heterocycles. The van der Waals surface area contributed by atoms with E-state index in [2.05, 4.69) is 22.9 Å². The zero-order valence-corrected chi connectivity index (χ0v) is 20.9. The monoisotopic (exact) mass is 528 g/mol. The average Bonchev–Trinajstić information content (AvgIpc) is 3.28. The lowest BCUT2D eigenvalue weighted by Gasteiger charge is -2.15. The van der Waals surface area contributed by atoms with Crippen LogP contribution in [0.25, 0.3) is 17.0 Å². The number of thiocarbonyl (C=S) groups is 1. The van der Waals surface area contributed by atoms with Crippen LogP contribution in [0.2, 0.25) is 15.1 Å². The van der Waals surface area contributed by atoms with Gasteiger partial charge < -0.3 is 4.57 Å². The normalized spacial score (nSPS) is 15.2. The van der Waals surface area contributed by atoms with Gasteiger partial charge in [-0.05, 0) is 48.0 Å². The first-order valence-corrected chi connectivity index (χ1v) is 12.3. The van der Waals surface area contributed by atoms with E-state index in [0.717, 1.165) is 22.0 Å². The van der Waals surface area contributed by atoms with Gasteiger partial charge in [0.1, 0.15) is 0 Å². The predicted octanol–water partition coefficient (Wildman–Crippen LogP) is 8.06. The molecule has 5 rings (SSSR count). The molecule has 0 radical (unpaired) electrons. The number of fused-ring (bicyclic) bond motifs is 1. The Morgan fingerprint density at radius 3 is 2.45 bits per heavy atom. The van der Waals surface area contributed by atoms with Crippen molar-refractivity contribution in [2.45, 2.75) is 6.54 Å². The average molecular weight is 530 g/mol. The molecule has 1 aliphatic rings. The smallest absolute Gasteiger partial charge is 0.270 e. The van der Waals surface area contributed by atoms with Crippen LogP contribution < -0.4 is 4.90 Å². The van der Waals surface area contributed by atoms with Crippen LogP contribution in [0.15, 0.2) is 77.8 Å². The third kappa shape index (κ3) is 4.44. The number of thioether (sulfide) groups is 1. The summed E-state index contributed by atoms with van der Waals surface area (Å²) in [7, 11) is 0. The standard InChI is InChI=1S/C25H15Cl3N2OS2/c26-17-7-5-15(6-8-17)13-29-14-16(19-3-1-2-4-22(19)29)11-23-24(31)30(25(32)33-23)18-9-10-20(27)21(28)12-18/h1-12,14H,13H2/b23-11+. The fourth-order valence-electron chi connectivity index (χ4n) is 3.76. The van der Waals surface area contributed by atoms with Gasteiger partial charge in [-0.3, -0.25) is 9.69 Å². The topological polar surface area (TPSA) is 25.2 Å². The molecule has 4 aromatic rings. The predicted molar refractivity (Wildman–Crippen MR) is 145 cm³/mol. The Morgan fingerprint density at radius 2 is 1.70 bits per heavy atom. The van der Waals surface area contributed by atoms with E-state index >= 15 is 0 Å². The molecule has 164 valence electrons. The van der Waals surface area contributed by atoms with Crippen molar-refractivity contribution in [1.29, 1.82) is 0 Å². The molecule has 2 heterocycles. The zero-order chi connectivity index (χ0) is 23.1. The molecule has 0 bridgehead atoms. The number of para-hydroxylation sites is 1. The Balaban J connectivity index is 1.51. The second-order valence-corrected chi connectivity index (χ2v) is 10.4. The van der Waals surface area contributed by atoms with Crippen molar-refractivity contribution in [2.24, 2.45) is 0 Å². The number of carbonyl (C=O) groups excluding carboxylic acids is 1. The van der Waals surface area contributed by atoms with Gasteiger partial charge in [0.05, 0.1) is 20.6 Å². The van der Waals surface area contributed by atoms with Crippen molar-refractivity contribution >= 4 is 91.7 Å². The highest BCUT2D eigenvalue weighted by molar-refractivity contribution is 8.27. The zero-order valence-electron chi connectivity index (χ0n) is 17.0. The van der Waals surface area contributed by atoms with Gasteiger partial charge in [-0.2, -0.15) is 0 Å². The number of anilines is 1. The number of aromatic nitrogens is 1. The minimum absolute atomic E-state index is 0.182. The molecule has 1 aliphatic heterocycles. The lowest BCUT2D eigenvalue weighted by Crippen LogP contribution is -2.27. The second-order valence-electron chi connectivity index (χ2n) is 7.47. The van der Waals surface area contributed by atoms with E-state index in [1.165, 1.54) is 16.7 Å². The number of benzene rings is 3. The van der Waals surface area contributed by atoms with Crippen LogP contribution in [-0.4, -0.2) is 14.8 Å². The van der Waals surface area contributed by atoms with Gasteiger partial charge in [0.15, 0.2) is 4.32 Å². The molecule has 8 heteroatoms. The maximum absolute atomic E-state index is 13.2. The van der Waals surface area contributed by atoms with Crippen LogP contribution in [0.4, 0.5) is 5.69 Å². The molecule has 0 saturated carbocycles. The molecule has 3 nitrogen and oxygen atoms in total. The maximum Gasteiger partial charge on any atom is 0.270 e. The van der Waals surface area contributed by atoms with Crippen molar-refractivity contribution in [3.8, 4) is 0 Å². The van der Waals surface area contributed by atoms with Crippen molar-refractivity contribution < 1.29 is 4.79 Å². The minimum Gasteiger partial charge on any atom is -0.342 e. The van der Waals surface area contributed by atoms with Gasteiger partial charge in [-0.15, -0.1) is 0 Å². The lowest BCUT2D eigenvalue weighted by molar-refractivity contribution is -0.113. The number of rotatable bonds is 4. The molecule has 33 heavy (non-hydrogen) atoms. The summed E-state index contributed by atoms with van der Waals surface area (Å²) >= 11 is 25.0. The van der Waals surface area contributed by atoms with Crippen molar-refractivity contribution in [2.75, 3.05) is 4.90 Å². The van der Waals surface area contributed by atoms with Crippen molar-refractivity contribution in [1.82, 2.24) is 4.57 Å². The number of hydrogen-bond donors (Lipinski definition) is 0. The Morgan fingerprint density at radius 1 is 0.939 bits per heavy atom. The summed E-state index contributed by atoms with van der Waals surface area (Å²) in [6, 6.07) is 21.0. The minimum atomic E-state index is -0.182. The van der Waals surface area contributed by atoms with E-state index in [0.29, 0.717) is 36.5 Å². The molecule has 0 spiro atoms. The SMILES string of the molecule is O=C1/C(=C\c2cn(Cc3ccc(Cl)cc3)c3ccccc23)SC(=S)N1c1ccc(Cl)c(Cl)c1. The van der Waals surface area contributed by atoms with Crippen LogP contribution in [0.5, 0.6) is 0 Å². The van der Waals surface area contributed by atoms with Crippen LogP contribution in [0, 0.1) is 0 Å². The number of halogens is 3. The number of carbonyl (C=O) groups is 1. The van der Waals surface area contributed by atoms with Crippen molar-refractivity contribution in [3.63, 3.8) is 0 Å². The Labute approximate surface area is 215 Å². The fourth-order valence-corrected chi connectivity index (χ4v) is 5.47. The molecule has 0 aliphatic carbocycles. The van der Waals surface area contributed by atoms with Crippen LogP contribution in [0.1, 0.15) is 11.1 Å². The van der Waals surface area contributed by atoms with E-state index in [-0.39, 0.29) is 5.91 Å². The van der Waals surface area contributed by atoms with Gasteiger partial charge >= 0.3 is 0 Å². The highest BCUT2D eigenvalue weighted by atomic mass is 35.5. The van der Waals surface area contributed by atoms with E-state index < -0.39 is 0 Å². The molecular weight excluding hydrogens is 515 g/mol. The van der Waals surface area contributed by atoms with E-state index in [4.69, 9.17) is 47.0 Å². The molecule has 3 aromatic carbocycles. The van der Waals surface area contributed by atoms with Crippen LogP contribution in [0.3, 0.4) is 0 Å². The first kappa shape index (κ1) is 22.5. The second kappa shape index (κ2) is 9.16. The number of nitrogens with zero attached hydrogens (tertiary/aromatic N) is 2. The molecule has 0 unspecified atom stereocenters. The maximum atomic E-state index is 13.2. The van der Waals surface area contributed by atoms with Gasteiger partial charge in [0.25, 0.3) is 5.91 Å². The molecule has 1 fully saturated rings. The molecule has 1 amide bonds. The summed E-state index contributed by atoms with van der Waals surface area (Å²) in [6.45, 7) is 0.690. The third-order valence-corrected chi connectivity index (χ3v) is 7.62. The summed E-state index contributed by atoms with van der Waals surface area (Å²) in [4.78, 5) is 15.3. The largest absolute Gasteiger partial charge is 0.342 e. The fraction of sp³-hybridized carbons (Fsp3) is 0.0400. The summed E-state index contributed by atoms with van der Waals surface area (Å²) in [6.07, 6.45) is 3.96. The van der Waals surface area contributed by atoms with E-state index in [1.54, 1.807) is 18.2 Å². The van der Waals surface area contributed by atoms with E-state index in [9.17, 15) is 4.79 Å². The summed E-state index contributed by atoms with van der Waals surface area (Å²) in [5.74, 6) is -0.182. The highest BCUT2D eigenvalue weighted by Gasteiger charge is 2.33. The molecule has 0 N–H and O–H groups in total. The molecule has 1 aromatic heterocycles. The molecule has 0 atom stereocenters. The van der Waals surface area contributed by atoms with E-state index in [1.807, 2.05) is 42.5 Å². The quantitative estimate of drug-likeness (QED) is 0.197. The third-order valence-electron chi connectivity index (χ3n) is 5.33. The van der Waals surface area contributed by atoms with Crippen molar-refractivity contribution in [3.05, 3.63) is 104 Å². The van der Waals surface area contributed by atoms with Crippen LogP contribution >= 0.6 is 58.8 Å². The molecular formula is C25H15Cl3N2OS2. The number of amides is 1. The van der Waals surface area contributed by atoms with Crippen LogP contribution in [-0.2, 0) is 11.3 Å². The summed E-state index contributed by atoms with van der Waals surface area (Å²) in [5, 5.41) is 2.57. The Kier molecular flexibility index (Phi) is 6.25. The summed E-state index contributed by atoms with van der Waals surface area (Å²) < 4.78 is 2.62. The Hall–Kier alpha value is -2.28. The first-order valence-electron chi connectivity index (χ1n) is 9.96. The van der Waals surface area contributed by atoms with Gasteiger partial charge in [-0.1, -0.05) is 89.1 Å². The van der Waals surface area contributed by atoms with Gasteiger partial charge in [0, 0.05) is 34.2 Å². The first-order chi connectivity index (χ1) is 15.9. The highest BCUT2D eigenvalue weighted by Crippen LogP contribution is 2.39. The number of hydrogen-bond acceptors (Lipinski definition) is 3. The Bertz CT molecular complexity index is 1440. The van der Waals surface area contributed by atoms with Gasteiger partial charge in [-0.25, -0.2) is 0 Å². The van der Waals surface area contributed by atoms with Gasteiger partial charge in [0.2, 0.25) is 0 Å². The lowest BCUT2D eigenvalue weighted by atomic mass is 10.1. The summed E-state index contributed by atoms with van der Waals surface area (Å²) in [5.41, 5.74) is 3.77.